The van der Waals surface area contributed by atoms with Crippen molar-refractivity contribution in [2.75, 3.05) is 5.32 Å². The van der Waals surface area contributed by atoms with Crippen molar-refractivity contribution in [1.29, 1.82) is 0 Å². The molecule has 7 heteroatoms. The summed E-state index contributed by atoms with van der Waals surface area (Å²) < 4.78 is 39.0. The number of benzene rings is 2. The van der Waals surface area contributed by atoms with Gasteiger partial charge in [0.2, 0.25) is 0 Å². The summed E-state index contributed by atoms with van der Waals surface area (Å²) >= 11 is 5.52. The SMILES string of the molecule is Cc1ccc(CN(Cc2ccccn2)C(=S)Nc2cccc(C(F)(F)F)c2)cc1. The van der Waals surface area contributed by atoms with Crippen LogP contribution in [0.25, 0.3) is 0 Å². The molecule has 0 amide bonds. The second-order valence-electron chi connectivity index (χ2n) is 6.67. The van der Waals surface area contributed by atoms with Gasteiger partial charge in [-0.15, -0.1) is 0 Å². The van der Waals surface area contributed by atoms with Crippen molar-refractivity contribution in [2.45, 2.75) is 26.2 Å². The standard InChI is InChI=1S/C22H20F3N3S/c1-16-8-10-17(11-9-16)14-28(15-20-6-2-3-12-26-20)21(29)27-19-7-4-5-18(13-19)22(23,24)25/h2-13H,14-15H2,1H3,(H,27,29). The summed E-state index contributed by atoms with van der Waals surface area (Å²) in [4.78, 5) is 6.21. The first-order valence-corrected chi connectivity index (χ1v) is 9.41. The van der Waals surface area contributed by atoms with Crippen LogP contribution in [0.3, 0.4) is 0 Å². The van der Waals surface area contributed by atoms with Crippen molar-refractivity contribution in [2.24, 2.45) is 0 Å². The number of anilines is 1. The molecule has 0 unspecified atom stereocenters. The van der Waals surface area contributed by atoms with E-state index in [1.165, 1.54) is 6.07 Å². The molecule has 1 N–H and O–H groups in total. The quantitative estimate of drug-likeness (QED) is 0.533. The smallest absolute Gasteiger partial charge is 0.339 e. The van der Waals surface area contributed by atoms with E-state index in [0.717, 1.165) is 29.0 Å². The van der Waals surface area contributed by atoms with Gasteiger partial charge in [-0.25, -0.2) is 0 Å². The highest BCUT2D eigenvalue weighted by Gasteiger charge is 2.30. The summed E-state index contributed by atoms with van der Waals surface area (Å²) in [6.45, 7) is 2.94. The Kier molecular flexibility index (Phi) is 6.49. The van der Waals surface area contributed by atoms with Crippen LogP contribution in [0.15, 0.2) is 72.9 Å². The molecular weight excluding hydrogens is 395 g/mol. The Labute approximate surface area is 173 Å². The second kappa shape index (κ2) is 9.05. The molecule has 1 heterocycles. The number of rotatable bonds is 5. The average Bonchev–Trinajstić information content (AvgIpc) is 2.69. The van der Waals surface area contributed by atoms with Crippen LogP contribution < -0.4 is 5.32 Å². The highest BCUT2D eigenvalue weighted by molar-refractivity contribution is 7.80. The molecule has 0 fully saturated rings. The Bertz CT molecular complexity index is 957. The van der Waals surface area contributed by atoms with Gasteiger partial charge in [0.1, 0.15) is 0 Å². The van der Waals surface area contributed by atoms with E-state index in [4.69, 9.17) is 12.2 Å². The molecule has 0 bridgehead atoms. The first-order valence-electron chi connectivity index (χ1n) is 9.00. The monoisotopic (exact) mass is 415 g/mol. The van der Waals surface area contributed by atoms with E-state index < -0.39 is 11.7 Å². The third-order valence-electron chi connectivity index (χ3n) is 4.30. The predicted octanol–water partition coefficient (Wildman–Crippen LogP) is 5.81. The Balaban J connectivity index is 1.80. The van der Waals surface area contributed by atoms with Crippen molar-refractivity contribution >= 4 is 23.0 Å². The molecule has 3 nitrogen and oxygen atoms in total. The first kappa shape index (κ1) is 20.8. The molecule has 0 aliphatic rings. The van der Waals surface area contributed by atoms with E-state index >= 15 is 0 Å². The summed E-state index contributed by atoms with van der Waals surface area (Å²) in [5.74, 6) is 0. The number of pyridine rings is 1. The van der Waals surface area contributed by atoms with Crippen LogP contribution in [0.2, 0.25) is 0 Å². The Morgan fingerprint density at radius 1 is 1.00 bits per heavy atom. The number of halogens is 3. The molecule has 0 saturated heterocycles. The molecule has 2 aromatic carbocycles. The maximum Gasteiger partial charge on any atom is 0.416 e. The minimum Gasteiger partial charge on any atom is -0.339 e. The van der Waals surface area contributed by atoms with Crippen LogP contribution in [0, 0.1) is 6.92 Å². The minimum atomic E-state index is -4.41. The summed E-state index contributed by atoms with van der Waals surface area (Å²) in [6.07, 6.45) is -2.71. The van der Waals surface area contributed by atoms with Crippen molar-refractivity contribution in [3.63, 3.8) is 0 Å². The zero-order valence-corrected chi connectivity index (χ0v) is 16.6. The lowest BCUT2D eigenvalue weighted by Gasteiger charge is -2.26. The number of thiocarbonyl (C=S) groups is 1. The van der Waals surface area contributed by atoms with Gasteiger partial charge in [0.05, 0.1) is 17.8 Å². The van der Waals surface area contributed by atoms with Crippen LogP contribution in [0.4, 0.5) is 18.9 Å². The second-order valence-corrected chi connectivity index (χ2v) is 7.06. The van der Waals surface area contributed by atoms with Gasteiger partial charge in [-0.05, 0) is 55.0 Å². The van der Waals surface area contributed by atoms with E-state index in [-0.39, 0.29) is 0 Å². The van der Waals surface area contributed by atoms with Crippen LogP contribution in [-0.2, 0) is 19.3 Å². The number of hydrogen-bond donors (Lipinski definition) is 1. The van der Waals surface area contributed by atoms with E-state index in [0.29, 0.717) is 23.9 Å². The fraction of sp³-hybridized carbons (Fsp3) is 0.182. The summed E-state index contributed by atoms with van der Waals surface area (Å²) in [5.41, 5.74) is 2.57. The molecule has 3 rings (SSSR count). The largest absolute Gasteiger partial charge is 0.416 e. The van der Waals surface area contributed by atoms with Gasteiger partial charge in [-0.1, -0.05) is 42.0 Å². The molecule has 0 radical (unpaired) electrons. The van der Waals surface area contributed by atoms with Crippen molar-refractivity contribution in [3.8, 4) is 0 Å². The zero-order valence-electron chi connectivity index (χ0n) is 15.8. The maximum atomic E-state index is 13.0. The summed E-state index contributed by atoms with van der Waals surface area (Å²) in [5, 5.41) is 3.27. The van der Waals surface area contributed by atoms with Gasteiger partial charge in [-0.2, -0.15) is 13.2 Å². The van der Waals surface area contributed by atoms with Crippen molar-refractivity contribution in [3.05, 3.63) is 95.3 Å². The Morgan fingerprint density at radius 2 is 1.76 bits per heavy atom. The molecule has 0 aliphatic carbocycles. The van der Waals surface area contributed by atoms with Gasteiger partial charge >= 0.3 is 6.18 Å². The molecule has 0 saturated carbocycles. The topological polar surface area (TPSA) is 28.2 Å². The Hall–Kier alpha value is -2.93. The predicted molar refractivity (Wildman–Crippen MR) is 112 cm³/mol. The number of nitrogens with zero attached hydrogens (tertiary/aromatic N) is 2. The zero-order chi connectivity index (χ0) is 20.9. The molecular formula is C22H20F3N3S. The third-order valence-corrected chi connectivity index (χ3v) is 4.66. The normalized spacial score (nSPS) is 11.2. The van der Waals surface area contributed by atoms with Gasteiger partial charge in [0, 0.05) is 18.4 Å². The van der Waals surface area contributed by atoms with Gasteiger partial charge in [0.15, 0.2) is 5.11 Å². The van der Waals surface area contributed by atoms with E-state index in [9.17, 15) is 13.2 Å². The van der Waals surface area contributed by atoms with Crippen molar-refractivity contribution < 1.29 is 13.2 Å². The molecule has 0 aliphatic heterocycles. The highest BCUT2D eigenvalue weighted by atomic mass is 32.1. The van der Waals surface area contributed by atoms with Crippen LogP contribution in [0.1, 0.15) is 22.4 Å². The van der Waals surface area contributed by atoms with Crippen LogP contribution in [0.5, 0.6) is 0 Å². The maximum absolute atomic E-state index is 13.0. The van der Waals surface area contributed by atoms with Gasteiger partial charge in [0.25, 0.3) is 0 Å². The fourth-order valence-corrected chi connectivity index (χ4v) is 3.02. The van der Waals surface area contributed by atoms with Gasteiger partial charge < -0.3 is 10.2 Å². The number of hydrogen-bond acceptors (Lipinski definition) is 2. The van der Waals surface area contributed by atoms with Crippen LogP contribution in [-0.4, -0.2) is 15.0 Å². The highest BCUT2D eigenvalue weighted by Crippen LogP contribution is 2.30. The van der Waals surface area contributed by atoms with E-state index in [1.807, 2.05) is 54.3 Å². The number of aromatic nitrogens is 1. The average molecular weight is 415 g/mol. The fourth-order valence-electron chi connectivity index (χ4n) is 2.78. The van der Waals surface area contributed by atoms with E-state index in [1.54, 1.807) is 12.3 Å². The molecule has 0 atom stereocenters. The minimum absolute atomic E-state index is 0.291. The lowest BCUT2D eigenvalue weighted by molar-refractivity contribution is -0.137. The molecule has 29 heavy (non-hydrogen) atoms. The lowest BCUT2D eigenvalue weighted by atomic mass is 10.1. The number of aryl methyl sites for hydroxylation is 1. The first-order chi connectivity index (χ1) is 13.8. The third kappa shape index (κ3) is 6.02. The van der Waals surface area contributed by atoms with E-state index in [2.05, 4.69) is 10.3 Å². The summed E-state index contributed by atoms with van der Waals surface area (Å²) in [6, 6.07) is 18.6. The lowest BCUT2D eigenvalue weighted by Crippen LogP contribution is -2.34. The number of nitrogens with one attached hydrogen (secondary N) is 1. The molecule has 3 aromatic rings. The summed E-state index contributed by atoms with van der Waals surface area (Å²) in [7, 11) is 0. The van der Waals surface area contributed by atoms with Crippen LogP contribution >= 0.6 is 12.2 Å². The molecule has 150 valence electrons. The van der Waals surface area contributed by atoms with Gasteiger partial charge in [-0.3, -0.25) is 4.98 Å². The molecule has 0 spiro atoms. The Morgan fingerprint density at radius 3 is 2.41 bits per heavy atom. The molecule has 1 aromatic heterocycles. The van der Waals surface area contributed by atoms with Crippen molar-refractivity contribution in [1.82, 2.24) is 9.88 Å². The number of alkyl halides is 3.